The van der Waals surface area contributed by atoms with Gasteiger partial charge in [0.05, 0.1) is 71.5 Å². The summed E-state index contributed by atoms with van der Waals surface area (Å²) in [6.07, 6.45) is 24.4. The number of aromatic hydroxyl groups is 2. The van der Waals surface area contributed by atoms with Crippen LogP contribution in [0, 0.1) is 11.8 Å². The van der Waals surface area contributed by atoms with Gasteiger partial charge in [-0.05, 0) is 48.9 Å². The molecule has 12 nitrogen and oxygen atoms in total. The van der Waals surface area contributed by atoms with Crippen LogP contribution in [0.2, 0.25) is 0 Å². The van der Waals surface area contributed by atoms with E-state index in [9.17, 15) is 19.8 Å². The first-order chi connectivity index (χ1) is 35.0. The minimum absolute atomic E-state index is 0.0845. The Labute approximate surface area is 429 Å². The summed E-state index contributed by atoms with van der Waals surface area (Å²) in [7, 11) is 0. The Morgan fingerprint density at radius 2 is 0.833 bits per heavy atom. The fourth-order valence-corrected chi connectivity index (χ4v) is 7.90. The lowest BCUT2D eigenvalue weighted by Gasteiger charge is -2.18. The van der Waals surface area contributed by atoms with Crippen molar-refractivity contribution in [3.05, 3.63) is 107 Å². The van der Waals surface area contributed by atoms with Gasteiger partial charge in [-0.15, -0.1) is 0 Å². The van der Waals surface area contributed by atoms with Gasteiger partial charge in [-0.1, -0.05) is 156 Å². The van der Waals surface area contributed by atoms with Gasteiger partial charge in [0.25, 0.3) is 0 Å². The van der Waals surface area contributed by atoms with Gasteiger partial charge in [0.15, 0.2) is 34.6 Å². The maximum atomic E-state index is 14.4. The molecule has 1 aliphatic heterocycles. The van der Waals surface area contributed by atoms with Gasteiger partial charge < -0.3 is 39.8 Å². The van der Waals surface area contributed by atoms with Crippen molar-refractivity contribution < 1.29 is 38.7 Å². The number of allylic oxidation sites excluding steroid dienone is 2. The van der Waals surface area contributed by atoms with Crippen LogP contribution < -0.4 is 29.6 Å². The molecule has 4 aromatic rings. The molecule has 5 rings (SSSR count). The average molecular weight is 985 g/mol. The number of hydrogen-bond acceptors (Lipinski definition) is 12. The second-order valence-corrected chi connectivity index (χ2v) is 19.4. The number of fused-ring (bicyclic) bond motifs is 2. The zero-order valence-electron chi connectivity index (χ0n) is 43.8. The first kappa shape index (κ1) is 56.4. The second kappa shape index (κ2) is 31.0. The van der Waals surface area contributed by atoms with E-state index in [2.05, 4.69) is 52.2 Å². The monoisotopic (exact) mass is 985 g/mol. The summed E-state index contributed by atoms with van der Waals surface area (Å²) in [6, 6.07) is 19.8. The summed E-state index contributed by atoms with van der Waals surface area (Å²) >= 11 is 0. The van der Waals surface area contributed by atoms with Crippen LogP contribution >= 0.6 is 0 Å². The number of carbonyl (C=O) groups excluding carboxylic acids is 2. The van der Waals surface area contributed by atoms with E-state index in [0.29, 0.717) is 72.2 Å². The summed E-state index contributed by atoms with van der Waals surface area (Å²) in [6.45, 7) is 14.5. The first-order valence-corrected chi connectivity index (χ1v) is 26.5. The standard InChI is InChI=1S/C60H80N4O8/c1-7-9-11-13-15-17-19-25-31-69-55-33-49-51(35-57(55)71-41-43(3)4)63-39-46(60(68)48-28-22-24-30-54(48)66)40-64-52-36-58(72-42-44(5)6)56(70-32-26-20-18-16-14-12-10-8-2)34-50(52)62-38-45(37-61-49)59(67)47-27-21-23-29-53(47)65/h21-24,27-30,33-40,43-44,61,64-66H,7-20,25-26,31-32,41-42H2,1-6H3/b45-37+,46-40+,62-38?,63-39?. The summed E-state index contributed by atoms with van der Waals surface area (Å²) < 4.78 is 25.6. The van der Waals surface area contributed by atoms with E-state index in [1.165, 1.54) is 101 Å². The van der Waals surface area contributed by atoms with E-state index in [-0.39, 0.29) is 45.6 Å². The third kappa shape index (κ3) is 18.6. The predicted molar refractivity (Wildman–Crippen MR) is 294 cm³/mol. The van der Waals surface area contributed by atoms with Crippen LogP contribution in [0.25, 0.3) is 0 Å². The number of nitrogens with one attached hydrogen (secondary N) is 2. The Bertz CT molecular complexity index is 2460. The van der Waals surface area contributed by atoms with Crippen molar-refractivity contribution in [3.8, 4) is 34.5 Å². The van der Waals surface area contributed by atoms with Gasteiger partial charge in [-0.2, -0.15) is 0 Å². The normalized spacial score (nSPS) is 13.9. The van der Waals surface area contributed by atoms with Crippen molar-refractivity contribution in [1.29, 1.82) is 0 Å². The van der Waals surface area contributed by atoms with Crippen molar-refractivity contribution in [2.75, 3.05) is 37.1 Å². The predicted octanol–water partition coefficient (Wildman–Crippen LogP) is 15.7. The fourth-order valence-electron chi connectivity index (χ4n) is 7.90. The zero-order chi connectivity index (χ0) is 51.5. The summed E-state index contributed by atoms with van der Waals surface area (Å²) in [5.74, 6) is 0.997. The largest absolute Gasteiger partial charge is 0.507 e. The fraction of sp³-hybridized carbons (Fsp3) is 0.467. The van der Waals surface area contributed by atoms with Crippen LogP contribution in [0.1, 0.15) is 165 Å². The number of ketones is 2. The smallest absolute Gasteiger partial charge is 0.199 e. The molecule has 0 fully saturated rings. The first-order valence-electron chi connectivity index (χ1n) is 26.5. The van der Waals surface area contributed by atoms with E-state index in [0.717, 1.165) is 38.5 Å². The Kier molecular flexibility index (Phi) is 24.3. The zero-order valence-corrected chi connectivity index (χ0v) is 43.8. The van der Waals surface area contributed by atoms with Gasteiger partial charge in [0, 0.05) is 49.1 Å². The molecule has 4 N–H and O–H groups in total. The lowest BCUT2D eigenvalue weighted by Crippen LogP contribution is -2.10. The van der Waals surface area contributed by atoms with Crippen LogP contribution in [0.5, 0.6) is 34.5 Å². The SMILES string of the molecule is CCCCCCCCCCOc1cc2c(cc1OCC(C)C)N=C/C(C(=O)c1ccccc1O)=C\Nc1cc(OCC(C)C)c(OCCCCCCCCCC)cc1N=C/C(C(=O)c1ccccc1O)=C\N2. The molecule has 1 aliphatic rings. The molecule has 0 aliphatic carbocycles. The number of phenols is 2. The molecule has 0 aromatic heterocycles. The van der Waals surface area contributed by atoms with Crippen LogP contribution in [-0.2, 0) is 0 Å². The topological polar surface area (TPSA) is 160 Å². The average Bonchev–Trinajstić information content (AvgIpc) is 3.37. The van der Waals surface area contributed by atoms with Crippen LogP contribution in [0.15, 0.2) is 106 Å². The quantitative estimate of drug-likeness (QED) is 0.0292. The number of nitrogens with zero attached hydrogens (tertiary/aromatic N) is 2. The van der Waals surface area contributed by atoms with Gasteiger partial charge in [0.2, 0.25) is 0 Å². The molecule has 72 heavy (non-hydrogen) atoms. The highest BCUT2D eigenvalue weighted by Crippen LogP contribution is 2.41. The molecule has 0 saturated carbocycles. The van der Waals surface area contributed by atoms with Gasteiger partial charge >= 0.3 is 0 Å². The van der Waals surface area contributed by atoms with E-state index >= 15 is 0 Å². The van der Waals surface area contributed by atoms with Gasteiger partial charge in [-0.3, -0.25) is 19.6 Å². The molecular formula is C60H80N4O8. The maximum Gasteiger partial charge on any atom is 0.199 e. The molecule has 12 heteroatoms. The van der Waals surface area contributed by atoms with Crippen LogP contribution in [0.4, 0.5) is 22.7 Å². The lowest BCUT2D eigenvalue weighted by atomic mass is 10.0. The molecule has 0 bridgehead atoms. The summed E-state index contributed by atoms with van der Waals surface area (Å²) in [4.78, 5) is 38.7. The molecule has 0 saturated heterocycles. The number of anilines is 2. The number of phenolic OH excluding ortho intramolecular Hbond substituents is 2. The highest BCUT2D eigenvalue weighted by atomic mass is 16.5. The Balaban J connectivity index is 1.62. The van der Waals surface area contributed by atoms with Crippen molar-refractivity contribution in [2.45, 2.75) is 144 Å². The number of ether oxygens (including phenoxy) is 4. The number of rotatable bonds is 30. The second-order valence-electron chi connectivity index (χ2n) is 19.4. The summed E-state index contributed by atoms with van der Waals surface area (Å²) in [5, 5.41) is 28.4. The van der Waals surface area contributed by atoms with Crippen molar-refractivity contribution >= 4 is 46.7 Å². The molecule has 0 amide bonds. The molecule has 0 atom stereocenters. The van der Waals surface area contributed by atoms with Gasteiger partial charge in [0.1, 0.15) is 11.5 Å². The number of unbranched alkanes of at least 4 members (excludes halogenated alkanes) is 14. The van der Waals surface area contributed by atoms with Crippen molar-refractivity contribution in [1.82, 2.24) is 0 Å². The van der Waals surface area contributed by atoms with Crippen LogP contribution in [-0.4, -0.2) is 60.6 Å². The number of benzene rings is 4. The number of hydrogen-bond donors (Lipinski definition) is 4. The van der Waals surface area contributed by atoms with E-state index < -0.39 is 11.6 Å². The number of aliphatic imine (C=N–C) groups is 2. The van der Waals surface area contributed by atoms with E-state index in [1.54, 1.807) is 60.7 Å². The minimum Gasteiger partial charge on any atom is -0.507 e. The van der Waals surface area contributed by atoms with E-state index in [4.69, 9.17) is 28.9 Å². The molecule has 1 heterocycles. The maximum absolute atomic E-state index is 14.4. The Morgan fingerprint density at radius 1 is 0.486 bits per heavy atom. The van der Waals surface area contributed by atoms with Crippen LogP contribution in [0.3, 0.4) is 0 Å². The number of carbonyl (C=O) groups is 2. The van der Waals surface area contributed by atoms with Crippen molar-refractivity contribution in [2.24, 2.45) is 21.8 Å². The third-order valence-electron chi connectivity index (χ3n) is 12.1. The molecule has 0 unspecified atom stereocenters. The molecule has 4 aromatic carbocycles. The summed E-state index contributed by atoms with van der Waals surface area (Å²) in [5.41, 5.74) is 2.01. The highest BCUT2D eigenvalue weighted by molar-refractivity contribution is 6.23. The van der Waals surface area contributed by atoms with Gasteiger partial charge in [-0.25, -0.2) is 0 Å². The Morgan fingerprint density at radius 3 is 1.22 bits per heavy atom. The number of Topliss-reactive ketones (excluding diaryl/α,β-unsaturated/α-hetero) is 2. The third-order valence-corrected chi connectivity index (χ3v) is 12.1. The minimum atomic E-state index is -0.491. The highest BCUT2D eigenvalue weighted by Gasteiger charge is 2.21. The Hall–Kier alpha value is -6.56. The molecule has 388 valence electrons. The van der Waals surface area contributed by atoms with Crippen molar-refractivity contribution in [3.63, 3.8) is 0 Å². The molecular weight excluding hydrogens is 905 g/mol. The van der Waals surface area contributed by atoms with E-state index in [1.807, 2.05) is 0 Å². The lowest BCUT2D eigenvalue weighted by molar-refractivity contribution is 0.103. The molecule has 0 spiro atoms. The molecule has 0 radical (unpaired) electrons. The number of para-hydroxylation sites is 2.